The zero-order valence-corrected chi connectivity index (χ0v) is 21.8. The number of hydrogen-bond donors (Lipinski definition) is 1. The van der Waals surface area contributed by atoms with Crippen LogP contribution in [-0.2, 0) is 5.75 Å². The summed E-state index contributed by atoms with van der Waals surface area (Å²) in [6.07, 6.45) is 5.79. The van der Waals surface area contributed by atoms with Gasteiger partial charge in [-0.1, -0.05) is 41.8 Å². The number of hydrogen-bond acceptors (Lipinski definition) is 4. The van der Waals surface area contributed by atoms with Crippen molar-refractivity contribution in [3.05, 3.63) is 80.8 Å². The molecule has 1 saturated carbocycles. The molecule has 2 unspecified atom stereocenters. The Morgan fingerprint density at radius 3 is 2.56 bits per heavy atom. The van der Waals surface area contributed by atoms with Crippen molar-refractivity contribution in [2.75, 3.05) is 18.8 Å². The van der Waals surface area contributed by atoms with E-state index in [0.29, 0.717) is 39.0 Å². The van der Waals surface area contributed by atoms with E-state index in [4.69, 9.17) is 28.3 Å². The molecule has 1 N–H and O–H groups in total. The molecule has 36 heavy (non-hydrogen) atoms. The van der Waals surface area contributed by atoms with Crippen LogP contribution in [0.15, 0.2) is 42.5 Å². The number of rotatable bonds is 4. The fourth-order valence-corrected chi connectivity index (χ4v) is 7.16. The molecule has 3 aliphatic rings. The first-order valence-electron chi connectivity index (χ1n) is 12.1. The molecule has 1 amide bonds. The van der Waals surface area contributed by atoms with Crippen molar-refractivity contribution in [2.45, 2.75) is 25.0 Å². The SMILES string of the molecule is O=C(NN1CC2CCCC2C1)c1nn(-c2ccc(Cl)cc2Cl)c2c1CSC/C2=C\c1ccc(F)cc1. The molecular formula is C27H25Cl2FN4OS. The maximum absolute atomic E-state index is 13.5. The van der Waals surface area contributed by atoms with Gasteiger partial charge in [-0.2, -0.15) is 16.9 Å². The number of amides is 1. The Morgan fingerprint density at radius 1 is 1.08 bits per heavy atom. The Labute approximate surface area is 223 Å². The van der Waals surface area contributed by atoms with Crippen LogP contribution in [0.1, 0.15) is 46.6 Å². The van der Waals surface area contributed by atoms with E-state index in [1.54, 1.807) is 40.7 Å². The van der Waals surface area contributed by atoms with Gasteiger partial charge in [0.15, 0.2) is 5.69 Å². The van der Waals surface area contributed by atoms with Crippen molar-refractivity contribution < 1.29 is 9.18 Å². The highest BCUT2D eigenvalue weighted by atomic mass is 35.5. The largest absolute Gasteiger partial charge is 0.286 e. The molecule has 1 saturated heterocycles. The van der Waals surface area contributed by atoms with E-state index in [1.807, 2.05) is 12.1 Å². The third-order valence-corrected chi connectivity index (χ3v) is 8.89. The minimum Gasteiger partial charge on any atom is -0.283 e. The smallest absolute Gasteiger partial charge is 0.283 e. The van der Waals surface area contributed by atoms with Gasteiger partial charge in [0, 0.05) is 35.2 Å². The van der Waals surface area contributed by atoms with Crippen LogP contribution in [-0.4, -0.2) is 39.5 Å². The predicted octanol–water partition coefficient (Wildman–Crippen LogP) is 6.48. The summed E-state index contributed by atoms with van der Waals surface area (Å²) >= 11 is 14.5. The van der Waals surface area contributed by atoms with E-state index in [9.17, 15) is 9.18 Å². The quantitative estimate of drug-likeness (QED) is 0.409. The van der Waals surface area contributed by atoms with Crippen LogP contribution in [0.3, 0.4) is 0 Å². The lowest BCUT2D eigenvalue weighted by atomic mass is 10.0. The second-order valence-electron chi connectivity index (χ2n) is 9.69. The molecule has 0 bridgehead atoms. The summed E-state index contributed by atoms with van der Waals surface area (Å²) < 4.78 is 15.2. The third kappa shape index (κ3) is 4.58. The second-order valence-corrected chi connectivity index (χ2v) is 11.5. The molecule has 6 rings (SSSR count). The third-order valence-electron chi connectivity index (χ3n) is 7.34. The molecule has 5 nitrogen and oxygen atoms in total. The van der Waals surface area contributed by atoms with Gasteiger partial charge in [0.05, 0.1) is 16.4 Å². The van der Waals surface area contributed by atoms with E-state index < -0.39 is 0 Å². The van der Waals surface area contributed by atoms with Crippen molar-refractivity contribution in [3.8, 4) is 5.69 Å². The first-order chi connectivity index (χ1) is 17.5. The zero-order chi connectivity index (χ0) is 24.8. The Balaban J connectivity index is 1.41. The molecule has 3 aromatic rings. The summed E-state index contributed by atoms with van der Waals surface area (Å²) in [5.41, 5.74) is 7.80. The van der Waals surface area contributed by atoms with Gasteiger partial charge in [-0.05, 0) is 72.2 Å². The summed E-state index contributed by atoms with van der Waals surface area (Å²) in [5.74, 6) is 2.26. The Kier molecular flexibility index (Phi) is 6.58. The van der Waals surface area contributed by atoms with Gasteiger partial charge in [0.1, 0.15) is 5.82 Å². The number of halogens is 3. The van der Waals surface area contributed by atoms with Gasteiger partial charge in [-0.3, -0.25) is 10.2 Å². The number of carbonyl (C=O) groups is 1. The normalized spacial score (nSPS) is 22.6. The molecule has 2 aliphatic heterocycles. The second kappa shape index (κ2) is 9.86. The lowest BCUT2D eigenvalue weighted by molar-refractivity contribution is 0.0808. The molecule has 0 radical (unpaired) electrons. The molecule has 1 aromatic heterocycles. The van der Waals surface area contributed by atoms with Crippen LogP contribution >= 0.6 is 35.0 Å². The number of nitrogens with zero attached hydrogens (tertiary/aromatic N) is 3. The first kappa shape index (κ1) is 24.0. The molecule has 2 fully saturated rings. The minimum atomic E-state index is -0.279. The van der Waals surface area contributed by atoms with Crippen LogP contribution in [0, 0.1) is 17.7 Å². The average Bonchev–Trinajstić information content (AvgIpc) is 3.55. The fraction of sp³-hybridized carbons (Fsp3) is 0.333. The Morgan fingerprint density at radius 2 is 1.83 bits per heavy atom. The van der Waals surface area contributed by atoms with Gasteiger partial charge < -0.3 is 0 Å². The summed E-state index contributed by atoms with van der Waals surface area (Å²) in [4.78, 5) is 13.5. The highest BCUT2D eigenvalue weighted by Crippen LogP contribution is 2.40. The van der Waals surface area contributed by atoms with E-state index in [2.05, 4.69) is 10.4 Å². The summed E-state index contributed by atoms with van der Waals surface area (Å²) in [6, 6.07) is 11.6. The van der Waals surface area contributed by atoms with Crippen molar-refractivity contribution in [1.82, 2.24) is 20.2 Å². The van der Waals surface area contributed by atoms with Crippen molar-refractivity contribution >= 4 is 52.5 Å². The maximum Gasteiger partial charge on any atom is 0.286 e. The number of hydrazine groups is 1. The van der Waals surface area contributed by atoms with Gasteiger partial charge in [0.25, 0.3) is 5.91 Å². The average molecular weight is 543 g/mol. The number of thioether (sulfide) groups is 1. The van der Waals surface area contributed by atoms with E-state index >= 15 is 0 Å². The molecule has 2 atom stereocenters. The zero-order valence-electron chi connectivity index (χ0n) is 19.5. The molecule has 9 heteroatoms. The van der Waals surface area contributed by atoms with Gasteiger partial charge >= 0.3 is 0 Å². The predicted molar refractivity (Wildman–Crippen MR) is 144 cm³/mol. The van der Waals surface area contributed by atoms with Crippen LogP contribution in [0.4, 0.5) is 4.39 Å². The summed E-state index contributed by atoms with van der Waals surface area (Å²) in [5, 5.41) is 7.85. The standard InChI is InChI=1S/C27H25Cl2FN4OS/c28-20-6-9-24(23(29)11-20)34-26-19(10-16-4-7-21(30)8-5-16)14-36-15-22(26)25(31-34)27(35)32-33-12-17-2-1-3-18(17)13-33/h4-11,17-18H,1-3,12-15H2,(H,32,35)/b19-10+. The number of nitrogens with one attached hydrogen (secondary N) is 1. The fourth-order valence-electron chi connectivity index (χ4n) is 5.65. The lowest BCUT2D eigenvalue weighted by Crippen LogP contribution is -2.41. The Bertz CT molecular complexity index is 1340. The highest BCUT2D eigenvalue weighted by Gasteiger charge is 2.37. The number of fused-ring (bicyclic) bond motifs is 2. The minimum absolute atomic E-state index is 0.196. The molecule has 186 valence electrons. The van der Waals surface area contributed by atoms with Crippen molar-refractivity contribution in [1.29, 1.82) is 0 Å². The Hall–Kier alpha value is -2.32. The van der Waals surface area contributed by atoms with Crippen LogP contribution in [0.25, 0.3) is 17.3 Å². The molecule has 1 aliphatic carbocycles. The van der Waals surface area contributed by atoms with Crippen LogP contribution in [0.5, 0.6) is 0 Å². The van der Waals surface area contributed by atoms with Crippen molar-refractivity contribution in [2.24, 2.45) is 11.8 Å². The molecule has 2 aromatic carbocycles. The van der Waals surface area contributed by atoms with Gasteiger partial charge in [-0.25, -0.2) is 14.1 Å². The van der Waals surface area contributed by atoms with E-state index in [0.717, 1.165) is 41.2 Å². The van der Waals surface area contributed by atoms with Gasteiger partial charge in [-0.15, -0.1) is 0 Å². The van der Waals surface area contributed by atoms with Gasteiger partial charge in [0.2, 0.25) is 0 Å². The molecule has 0 spiro atoms. The van der Waals surface area contributed by atoms with Crippen molar-refractivity contribution in [3.63, 3.8) is 0 Å². The number of benzene rings is 2. The topological polar surface area (TPSA) is 50.2 Å². The van der Waals surface area contributed by atoms with Crippen LogP contribution < -0.4 is 5.43 Å². The monoisotopic (exact) mass is 542 g/mol. The summed E-state index contributed by atoms with van der Waals surface area (Å²) in [7, 11) is 0. The molecule has 3 heterocycles. The van der Waals surface area contributed by atoms with E-state index in [-0.39, 0.29) is 11.7 Å². The summed E-state index contributed by atoms with van der Waals surface area (Å²) in [6.45, 7) is 1.79. The maximum atomic E-state index is 13.5. The number of carbonyl (C=O) groups excluding carboxylic acids is 1. The highest BCUT2D eigenvalue weighted by molar-refractivity contribution is 7.99. The van der Waals surface area contributed by atoms with E-state index in [1.165, 1.54) is 31.4 Å². The lowest BCUT2D eigenvalue weighted by Gasteiger charge is -2.20. The number of aromatic nitrogens is 2. The molecular weight excluding hydrogens is 518 g/mol. The van der Waals surface area contributed by atoms with Crippen LogP contribution in [0.2, 0.25) is 10.0 Å². The first-order valence-corrected chi connectivity index (χ1v) is 14.0.